The summed E-state index contributed by atoms with van der Waals surface area (Å²) in [4.78, 5) is 12.8. The fourth-order valence-corrected chi connectivity index (χ4v) is 3.08. The van der Waals surface area contributed by atoms with Gasteiger partial charge >= 0.3 is 0 Å². The molecule has 25 heavy (non-hydrogen) atoms. The van der Waals surface area contributed by atoms with Gasteiger partial charge in [0.1, 0.15) is 5.75 Å². The Balaban J connectivity index is 0.00000225. The first-order chi connectivity index (χ1) is 11.7. The van der Waals surface area contributed by atoms with Crippen LogP contribution < -0.4 is 15.8 Å². The molecule has 0 spiro atoms. The standard InChI is InChI=1S/C20H24N2O2.ClH/c21-16-11-13-17(14-12-16)22-20(23)19(15-7-3-1-4-8-15)24-18-9-5-2-6-10-18;/h1-10,16-17,19H,11-14,21H2,(H,22,23);1H. The lowest BCUT2D eigenvalue weighted by atomic mass is 9.91. The first-order valence-electron chi connectivity index (χ1n) is 8.55. The van der Waals surface area contributed by atoms with E-state index < -0.39 is 6.10 Å². The van der Waals surface area contributed by atoms with Crippen LogP contribution in [0, 0.1) is 0 Å². The molecule has 3 N–H and O–H groups in total. The van der Waals surface area contributed by atoms with Gasteiger partial charge in [0.05, 0.1) is 0 Å². The van der Waals surface area contributed by atoms with E-state index in [0.717, 1.165) is 31.2 Å². The largest absolute Gasteiger partial charge is 0.476 e. The van der Waals surface area contributed by atoms with Crippen molar-refractivity contribution in [2.24, 2.45) is 5.73 Å². The molecule has 0 bridgehead atoms. The zero-order chi connectivity index (χ0) is 16.8. The van der Waals surface area contributed by atoms with E-state index in [0.29, 0.717) is 5.75 Å². The molecule has 1 fully saturated rings. The van der Waals surface area contributed by atoms with Crippen LogP contribution in [0.4, 0.5) is 0 Å². The van der Waals surface area contributed by atoms with Crippen LogP contribution in [0.5, 0.6) is 5.75 Å². The van der Waals surface area contributed by atoms with Gasteiger partial charge in [0.2, 0.25) is 6.10 Å². The van der Waals surface area contributed by atoms with Crippen molar-refractivity contribution in [2.45, 2.75) is 43.9 Å². The minimum Gasteiger partial charge on any atom is -0.476 e. The third-order valence-electron chi connectivity index (χ3n) is 4.46. The van der Waals surface area contributed by atoms with Crippen LogP contribution in [-0.2, 0) is 4.79 Å². The fraction of sp³-hybridized carbons (Fsp3) is 0.350. The Morgan fingerprint density at radius 1 is 0.960 bits per heavy atom. The molecule has 2 aromatic rings. The van der Waals surface area contributed by atoms with E-state index in [9.17, 15) is 4.79 Å². The zero-order valence-corrected chi connectivity index (χ0v) is 15.0. The summed E-state index contributed by atoms with van der Waals surface area (Å²) in [6.45, 7) is 0. The lowest BCUT2D eigenvalue weighted by Crippen LogP contribution is -2.43. The van der Waals surface area contributed by atoms with E-state index in [1.54, 1.807) is 0 Å². The second kappa shape index (κ2) is 9.44. The molecule has 0 heterocycles. The quantitative estimate of drug-likeness (QED) is 0.856. The monoisotopic (exact) mass is 360 g/mol. The number of benzene rings is 2. The molecular weight excluding hydrogens is 336 g/mol. The first-order valence-corrected chi connectivity index (χ1v) is 8.55. The van der Waals surface area contributed by atoms with Gasteiger partial charge in [-0.3, -0.25) is 4.79 Å². The van der Waals surface area contributed by atoms with Crippen LogP contribution >= 0.6 is 12.4 Å². The number of hydrogen-bond acceptors (Lipinski definition) is 3. The van der Waals surface area contributed by atoms with E-state index in [-0.39, 0.29) is 30.4 Å². The molecule has 0 aromatic heterocycles. The molecule has 5 heteroatoms. The van der Waals surface area contributed by atoms with Crippen LogP contribution in [0.1, 0.15) is 37.4 Å². The van der Waals surface area contributed by atoms with Gasteiger partial charge in [0, 0.05) is 17.6 Å². The molecule has 1 amide bonds. The van der Waals surface area contributed by atoms with Crippen molar-refractivity contribution in [2.75, 3.05) is 0 Å². The number of para-hydroxylation sites is 1. The normalized spacial score (nSPS) is 20.8. The van der Waals surface area contributed by atoms with Crippen molar-refractivity contribution >= 4 is 18.3 Å². The topological polar surface area (TPSA) is 64.3 Å². The van der Waals surface area contributed by atoms with Crippen LogP contribution in [0.2, 0.25) is 0 Å². The van der Waals surface area contributed by atoms with Gasteiger partial charge in [-0.2, -0.15) is 0 Å². The molecule has 0 saturated heterocycles. The minimum atomic E-state index is -0.649. The summed E-state index contributed by atoms with van der Waals surface area (Å²) in [5.74, 6) is 0.595. The highest BCUT2D eigenvalue weighted by atomic mass is 35.5. The summed E-state index contributed by atoms with van der Waals surface area (Å²) in [5.41, 5.74) is 6.80. The highest BCUT2D eigenvalue weighted by Gasteiger charge is 2.27. The zero-order valence-electron chi connectivity index (χ0n) is 14.1. The van der Waals surface area contributed by atoms with E-state index >= 15 is 0 Å². The second-order valence-electron chi connectivity index (χ2n) is 6.34. The van der Waals surface area contributed by atoms with Crippen molar-refractivity contribution in [3.63, 3.8) is 0 Å². The summed E-state index contributed by atoms with van der Waals surface area (Å²) in [6.07, 6.45) is 3.13. The third kappa shape index (κ3) is 5.48. The van der Waals surface area contributed by atoms with Crippen LogP contribution in [0.25, 0.3) is 0 Å². The number of hydrogen-bond donors (Lipinski definition) is 2. The molecule has 1 atom stereocenters. The summed E-state index contributed by atoms with van der Waals surface area (Å²) in [6, 6.07) is 19.5. The molecule has 4 nitrogen and oxygen atoms in total. The van der Waals surface area contributed by atoms with E-state index in [1.807, 2.05) is 60.7 Å². The number of halogens is 1. The highest BCUT2D eigenvalue weighted by Crippen LogP contribution is 2.24. The van der Waals surface area contributed by atoms with Gasteiger partial charge < -0.3 is 15.8 Å². The van der Waals surface area contributed by atoms with E-state index in [4.69, 9.17) is 10.5 Å². The van der Waals surface area contributed by atoms with Crippen molar-refractivity contribution in [1.82, 2.24) is 5.32 Å². The number of amides is 1. The van der Waals surface area contributed by atoms with Gasteiger partial charge in [0.15, 0.2) is 0 Å². The average molecular weight is 361 g/mol. The van der Waals surface area contributed by atoms with Crippen LogP contribution in [0.3, 0.4) is 0 Å². The summed E-state index contributed by atoms with van der Waals surface area (Å²) >= 11 is 0. The van der Waals surface area contributed by atoms with Crippen molar-refractivity contribution < 1.29 is 9.53 Å². The smallest absolute Gasteiger partial charge is 0.266 e. The summed E-state index contributed by atoms with van der Waals surface area (Å²) in [5, 5.41) is 3.14. The Bertz CT molecular complexity index is 643. The van der Waals surface area contributed by atoms with Gasteiger partial charge in [0.25, 0.3) is 5.91 Å². The van der Waals surface area contributed by atoms with E-state index in [1.165, 1.54) is 0 Å². The SMILES string of the molecule is Cl.NC1CCC(NC(=O)C(Oc2ccccc2)c2ccccc2)CC1. The molecular formula is C20H25ClN2O2. The average Bonchev–Trinajstić information content (AvgIpc) is 2.63. The highest BCUT2D eigenvalue weighted by molar-refractivity contribution is 5.85. The van der Waals surface area contributed by atoms with Gasteiger partial charge in [-0.15, -0.1) is 12.4 Å². The fourth-order valence-electron chi connectivity index (χ4n) is 3.08. The third-order valence-corrected chi connectivity index (χ3v) is 4.46. The molecule has 0 radical (unpaired) electrons. The lowest BCUT2D eigenvalue weighted by molar-refractivity contribution is -0.129. The maximum atomic E-state index is 12.8. The molecule has 3 rings (SSSR count). The Kier molecular flexibility index (Phi) is 7.29. The van der Waals surface area contributed by atoms with Crippen molar-refractivity contribution in [1.29, 1.82) is 0 Å². The number of ether oxygens (including phenoxy) is 1. The molecule has 1 unspecified atom stereocenters. The molecule has 1 aliphatic carbocycles. The predicted molar refractivity (Wildman–Crippen MR) is 102 cm³/mol. The lowest BCUT2D eigenvalue weighted by Gasteiger charge is -2.28. The van der Waals surface area contributed by atoms with Crippen LogP contribution in [-0.4, -0.2) is 18.0 Å². The minimum absolute atomic E-state index is 0. The van der Waals surface area contributed by atoms with Crippen molar-refractivity contribution in [3.05, 3.63) is 66.2 Å². The van der Waals surface area contributed by atoms with Gasteiger partial charge in [-0.1, -0.05) is 48.5 Å². The predicted octanol–water partition coefficient (Wildman–Crippen LogP) is 3.61. The van der Waals surface area contributed by atoms with Gasteiger partial charge in [-0.05, 0) is 37.8 Å². The number of carbonyl (C=O) groups excluding carboxylic acids is 1. The molecule has 2 aromatic carbocycles. The maximum absolute atomic E-state index is 12.8. The van der Waals surface area contributed by atoms with Crippen molar-refractivity contribution in [3.8, 4) is 5.75 Å². The summed E-state index contributed by atoms with van der Waals surface area (Å²) in [7, 11) is 0. The molecule has 1 saturated carbocycles. The Labute approximate surface area is 155 Å². The Morgan fingerprint density at radius 2 is 1.52 bits per heavy atom. The van der Waals surface area contributed by atoms with E-state index in [2.05, 4.69) is 5.32 Å². The molecule has 1 aliphatic rings. The second-order valence-corrected chi connectivity index (χ2v) is 6.34. The summed E-state index contributed by atoms with van der Waals surface area (Å²) < 4.78 is 5.99. The maximum Gasteiger partial charge on any atom is 0.266 e. The molecule has 134 valence electrons. The Morgan fingerprint density at radius 3 is 2.12 bits per heavy atom. The molecule has 0 aliphatic heterocycles. The first kappa shape index (κ1) is 19.3. The van der Waals surface area contributed by atoms with Crippen LogP contribution in [0.15, 0.2) is 60.7 Å². The number of rotatable bonds is 5. The Hall–Kier alpha value is -2.04. The number of nitrogens with two attached hydrogens (primary N) is 1. The number of nitrogens with one attached hydrogen (secondary N) is 1. The van der Waals surface area contributed by atoms with Gasteiger partial charge in [-0.25, -0.2) is 0 Å². The number of carbonyl (C=O) groups is 1.